The van der Waals surface area contributed by atoms with Gasteiger partial charge in [-0.15, -0.1) is 0 Å². The highest BCUT2D eigenvalue weighted by atomic mass is 16.6. The Kier molecular flexibility index (Phi) is 4.72. The minimum atomic E-state index is -0.429. The van der Waals surface area contributed by atoms with Gasteiger partial charge in [-0.1, -0.05) is 6.07 Å². The van der Waals surface area contributed by atoms with Crippen LogP contribution in [0.15, 0.2) is 54.6 Å². The summed E-state index contributed by atoms with van der Waals surface area (Å²) in [6.07, 6.45) is 5.03. The van der Waals surface area contributed by atoms with E-state index in [0.717, 1.165) is 11.1 Å². The molecule has 3 aliphatic rings. The second-order valence-corrected chi connectivity index (χ2v) is 8.06. The zero-order valence-corrected chi connectivity index (χ0v) is 18.2. The van der Waals surface area contributed by atoms with Crippen LogP contribution in [0.3, 0.4) is 0 Å². The van der Waals surface area contributed by atoms with Gasteiger partial charge in [0.15, 0.2) is 17.3 Å². The molecule has 3 aromatic rings. The molecule has 0 saturated heterocycles. The molecule has 0 amide bonds. The third-order valence-corrected chi connectivity index (χ3v) is 6.01. The van der Waals surface area contributed by atoms with Crippen molar-refractivity contribution in [3.8, 4) is 28.7 Å². The molecule has 170 valence electrons. The fourth-order valence-electron chi connectivity index (χ4n) is 4.50. The van der Waals surface area contributed by atoms with E-state index in [2.05, 4.69) is 4.98 Å². The number of aromatic nitrogens is 1. The molecule has 4 heterocycles. The number of allylic oxidation sites excluding steroid dienone is 1. The smallest absolute Gasteiger partial charge is 0.312 e. The summed E-state index contributed by atoms with van der Waals surface area (Å²) >= 11 is 0. The fourth-order valence-corrected chi connectivity index (χ4v) is 4.50. The standard InChI is InChI=1S/C26H19NO7/c1-30-20-10-15(11-21-26(20)32-8-7-31-21)17-12-22(28)33-18-5-4-16-24(29)19(34-25(16)23(17)18)9-14-3-2-6-27-13-14/h2-6,9-11,13,17H,7-8,12H2,1H3/b19-9-/t17-/m0/s1. The number of fused-ring (bicyclic) bond motifs is 4. The van der Waals surface area contributed by atoms with Crippen LogP contribution in [-0.2, 0) is 4.79 Å². The van der Waals surface area contributed by atoms with Gasteiger partial charge in [-0.3, -0.25) is 14.6 Å². The van der Waals surface area contributed by atoms with Crippen molar-refractivity contribution >= 4 is 17.8 Å². The quantitative estimate of drug-likeness (QED) is 0.332. The number of esters is 1. The minimum absolute atomic E-state index is 0.0749. The summed E-state index contributed by atoms with van der Waals surface area (Å²) in [5, 5.41) is 0. The number of pyridine rings is 1. The van der Waals surface area contributed by atoms with Crippen molar-refractivity contribution in [2.45, 2.75) is 12.3 Å². The van der Waals surface area contributed by atoms with Crippen LogP contribution in [0.1, 0.15) is 39.4 Å². The molecule has 0 aliphatic carbocycles. The van der Waals surface area contributed by atoms with E-state index in [4.69, 9.17) is 23.7 Å². The second-order valence-electron chi connectivity index (χ2n) is 8.06. The number of ether oxygens (including phenoxy) is 5. The van der Waals surface area contributed by atoms with E-state index in [9.17, 15) is 9.59 Å². The molecule has 8 nitrogen and oxygen atoms in total. The Morgan fingerprint density at radius 1 is 1.03 bits per heavy atom. The Morgan fingerprint density at radius 2 is 1.91 bits per heavy atom. The first-order chi connectivity index (χ1) is 16.6. The molecule has 0 unspecified atom stereocenters. The Hall–Kier alpha value is -4.33. The number of carbonyl (C=O) groups is 2. The highest BCUT2D eigenvalue weighted by Crippen LogP contribution is 2.51. The Labute approximate surface area is 194 Å². The van der Waals surface area contributed by atoms with Crippen molar-refractivity contribution in [3.05, 3.63) is 76.8 Å². The van der Waals surface area contributed by atoms with E-state index in [1.54, 1.807) is 43.8 Å². The van der Waals surface area contributed by atoms with Crippen LogP contribution >= 0.6 is 0 Å². The molecule has 3 aliphatic heterocycles. The summed E-state index contributed by atoms with van der Waals surface area (Å²) < 4.78 is 28.6. The number of carbonyl (C=O) groups excluding carboxylic acids is 2. The molecule has 2 aromatic carbocycles. The van der Waals surface area contributed by atoms with Crippen LogP contribution in [0, 0.1) is 0 Å². The molecular formula is C26H19NO7. The van der Waals surface area contributed by atoms with E-state index >= 15 is 0 Å². The topological polar surface area (TPSA) is 93.2 Å². The maximum Gasteiger partial charge on any atom is 0.312 e. The van der Waals surface area contributed by atoms with E-state index in [-0.39, 0.29) is 23.9 Å². The summed E-state index contributed by atoms with van der Waals surface area (Å²) in [6, 6.07) is 10.5. The first kappa shape index (κ1) is 20.3. The van der Waals surface area contributed by atoms with Crippen LogP contribution in [-0.4, -0.2) is 37.1 Å². The van der Waals surface area contributed by atoms with Gasteiger partial charge in [-0.2, -0.15) is 0 Å². The maximum absolute atomic E-state index is 13.1. The molecule has 0 radical (unpaired) electrons. The van der Waals surface area contributed by atoms with Crippen molar-refractivity contribution in [2.75, 3.05) is 20.3 Å². The average molecular weight is 457 g/mol. The van der Waals surface area contributed by atoms with Crippen LogP contribution in [0.25, 0.3) is 6.08 Å². The van der Waals surface area contributed by atoms with E-state index < -0.39 is 5.92 Å². The van der Waals surface area contributed by atoms with Gasteiger partial charge in [0, 0.05) is 23.9 Å². The summed E-state index contributed by atoms with van der Waals surface area (Å²) in [5.41, 5.74) is 2.57. The highest BCUT2D eigenvalue weighted by molar-refractivity contribution is 6.15. The molecule has 0 fully saturated rings. The van der Waals surface area contributed by atoms with E-state index in [1.807, 2.05) is 18.2 Å². The van der Waals surface area contributed by atoms with Crippen molar-refractivity contribution in [1.82, 2.24) is 4.98 Å². The van der Waals surface area contributed by atoms with Crippen molar-refractivity contribution in [1.29, 1.82) is 0 Å². The van der Waals surface area contributed by atoms with Crippen LogP contribution < -0.4 is 23.7 Å². The lowest BCUT2D eigenvalue weighted by molar-refractivity contribution is -0.135. The number of hydrogen-bond donors (Lipinski definition) is 0. The lowest BCUT2D eigenvalue weighted by atomic mass is 9.84. The third-order valence-electron chi connectivity index (χ3n) is 6.01. The zero-order valence-electron chi connectivity index (χ0n) is 18.2. The first-order valence-electron chi connectivity index (χ1n) is 10.8. The van der Waals surface area contributed by atoms with Gasteiger partial charge in [0.05, 0.1) is 19.1 Å². The van der Waals surface area contributed by atoms with Gasteiger partial charge in [0.25, 0.3) is 0 Å². The molecule has 8 heteroatoms. The SMILES string of the molecule is COc1cc([C@@H]2CC(=O)Oc3ccc4c(c32)O/C(=C\c2cccnc2)C4=O)cc2c1OCCO2. The van der Waals surface area contributed by atoms with Gasteiger partial charge in [0.2, 0.25) is 11.5 Å². The maximum atomic E-state index is 13.1. The van der Waals surface area contributed by atoms with Gasteiger partial charge < -0.3 is 23.7 Å². The minimum Gasteiger partial charge on any atom is -0.493 e. The molecule has 1 aromatic heterocycles. The summed E-state index contributed by atoms with van der Waals surface area (Å²) in [4.78, 5) is 29.7. The molecule has 34 heavy (non-hydrogen) atoms. The van der Waals surface area contributed by atoms with Crippen molar-refractivity contribution in [3.63, 3.8) is 0 Å². The first-order valence-corrected chi connectivity index (χ1v) is 10.8. The molecular weight excluding hydrogens is 438 g/mol. The summed E-state index contributed by atoms with van der Waals surface area (Å²) in [6.45, 7) is 0.842. The highest BCUT2D eigenvalue weighted by Gasteiger charge is 2.39. The molecule has 0 saturated carbocycles. The van der Waals surface area contributed by atoms with Gasteiger partial charge in [-0.25, -0.2) is 0 Å². The molecule has 0 bridgehead atoms. The van der Waals surface area contributed by atoms with Crippen LogP contribution in [0.4, 0.5) is 0 Å². The van der Waals surface area contributed by atoms with Crippen LogP contribution in [0.2, 0.25) is 0 Å². The monoisotopic (exact) mass is 457 g/mol. The van der Waals surface area contributed by atoms with Gasteiger partial charge in [0.1, 0.15) is 24.7 Å². The van der Waals surface area contributed by atoms with E-state index in [1.165, 1.54) is 0 Å². The lowest BCUT2D eigenvalue weighted by Crippen LogP contribution is -2.22. The lowest BCUT2D eigenvalue weighted by Gasteiger charge is -2.28. The number of Topliss-reactive ketones (excluding diaryl/α,β-unsaturated/α-hetero) is 1. The number of nitrogens with zero attached hydrogens (tertiary/aromatic N) is 1. The second kappa shape index (κ2) is 7.91. The summed E-state index contributed by atoms with van der Waals surface area (Å²) in [5.74, 6) is 1.49. The number of methoxy groups -OCH3 is 1. The Balaban J connectivity index is 1.48. The zero-order chi connectivity index (χ0) is 23.2. The van der Waals surface area contributed by atoms with Crippen LogP contribution in [0.5, 0.6) is 28.7 Å². The van der Waals surface area contributed by atoms with Crippen molar-refractivity contribution < 1.29 is 33.3 Å². The third kappa shape index (κ3) is 3.26. The predicted octanol–water partition coefficient (Wildman–Crippen LogP) is 3.92. The molecule has 0 spiro atoms. The Morgan fingerprint density at radius 3 is 2.74 bits per heavy atom. The number of benzene rings is 2. The number of hydrogen-bond acceptors (Lipinski definition) is 8. The molecule has 0 N–H and O–H groups in total. The van der Waals surface area contributed by atoms with Gasteiger partial charge in [-0.05, 0) is 47.5 Å². The van der Waals surface area contributed by atoms with E-state index in [0.29, 0.717) is 53.1 Å². The Bertz CT molecular complexity index is 1350. The fraction of sp³-hybridized carbons (Fsp3) is 0.192. The van der Waals surface area contributed by atoms with Gasteiger partial charge >= 0.3 is 5.97 Å². The molecule has 6 rings (SSSR count). The largest absolute Gasteiger partial charge is 0.493 e. The summed E-state index contributed by atoms with van der Waals surface area (Å²) in [7, 11) is 1.55. The molecule has 1 atom stereocenters. The number of rotatable bonds is 3. The average Bonchev–Trinajstić information content (AvgIpc) is 3.18. The normalized spacial score (nSPS) is 19.2. The number of ketones is 1. The van der Waals surface area contributed by atoms with Crippen molar-refractivity contribution in [2.24, 2.45) is 0 Å². The predicted molar refractivity (Wildman–Crippen MR) is 120 cm³/mol.